The van der Waals surface area contributed by atoms with Crippen LogP contribution in [-0.4, -0.2) is 16.6 Å². The van der Waals surface area contributed by atoms with Crippen molar-refractivity contribution < 1.29 is 4.79 Å². The molecular formula is C23H33N3OS. The summed E-state index contributed by atoms with van der Waals surface area (Å²) in [4.78, 5) is 16.9. The summed E-state index contributed by atoms with van der Waals surface area (Å²) >= 11 is 1.47. The molecule has 28 heavy (non-hydrogen) atoms. The highest BCUT2D eigenvalue weighted by Crippen LogP contribution is 2.70. The van der Waals surface area contributed by atoms with Crippen LogP contribution in [-0.2, 0) is 0 Å². The minimum absolute atomic E-state index is 0.0973. The van der Waals surface area contributed by atoms with Crippen molar-refractivity contribution in [2.24, 2.45) is 28.6 Å². The van der Waals surface area contributed by atoms with Crippen molar-refractivity contribution in [2.45, 2.75) is 77.2 Å². The van der Waals surface area contributed by atoms with E-state index >= 15 is 0 Å². The lowest BCUT2D eigenvalue weighted by Crippen LogP contribution is -2.64. The molecule has 1 heterocycles. The van der Waals surface area contributed by atoms with Gasteiger partial charge in [-0.3, -0.25) is 5.32 Å². The lowest BCUT2D eigenvalue weighted by Gasteiger charge is -2.64. The van der Waals surface area contributed by atoms with Crippen LogP contribution < -0.4 is 10.6 Å². The number of rotatable bonds is 2. The van der Waals surface area contributed by atoms with E-state index in [0.717, 1.165) is 18.3 Å². The minimum Gasteiger partial charge on any atom is -0.332 e. The number of amides is 2. The highest BCUT2D eigenvalue weighted by molar-refractivity contribution is 7.13. The molecular weight excluding hydrogens is 366 g/mol. The molecule has 4 saturated carbocycles. The lowest BCUT2D eigenvalue weighted by atomic mass is 9.42. The smallest absolute Gasteiger partial charge is 0.321 e. The number of carbonyl (C=O) groups excluding carboxylic acids is 1. The van der Waals surface area contributed by atoms with Crippen LogP contribution in [0.2, 0.25) is 0 Å². The molecule has 2 amide bonds. The van der Waals surface area contributed by atoms with Crippen LogP contribution in [0.1, 0.15) is 71.6 Å². The normalized spacial score (nSPS) is 44.5. The van der Waals surface area contributed by atoms with Gasteiger partial charge < -0.3 is 5.32 Å². The first-order valence-electron chi connectivity index (χ1n) is 11.0. The Morgan fingerprint density at radius 1 is 1.21 bits per heavy atom. The average molecular weight is 400 g/mol. The van der Waals surface area contributed by atoms with Crippen molar-refractivity contribution in [3.63, 3.8) is 0 Å². The van der Waals surface area contributed by atoms with Crippen molar-refractivity contribution in [1.82, 2.24) is 10.3 Å². The summed E-state index contributed by atoms with van der Waals surface area (Å²) in [5.41, 5.74) is 2.23. The SMILES string of the molecule is C=C1C[C@@]23CC[C@H]4[C@@](C)(CCC[C@@]4(C)NC(=O)Nc4nccs4)[C@@H]2CC[C@@H]1C3. The molecule has 0 radical (unpaired) electrons. The van der Waals surface area contributed by atoms with Gasteiger partial charge in [0, 0.05) is 17.1 Å². The number of thiazole rings is 1. The summed E-state index contributed by atoms with van der Waals surface area (Å²) in [7, 11) is 0. The van der Waals surface area contributed by atoms with Crippen molar-refractivity contribution in [3.8, 4) is 0 Å². The second-order valence-corrected chi connectivity index (χ2v) is 11.4. The van der Waals surface area contributed by atoms with Crippen molar-refractivity contribution >= 4 is 22.5 Å². The fraction of sp³-hybridized carbons (Fsp3) is 0.739. The average Bonchev–Trinajstić information content (AvgIpc) is 3.20. The highest BCUT2D eigenvalue weighted by atomic mass is 32.1. The van der Waals surface area contributed by atoms with E-state index in [0.29, 0.717) is 21.9 Å². The molecule has 5 heteroatoms. The van der Waals surface area contributed by atoms with Crippen molar-refractivity contribution in [2.75, 3.05) is 5.32 Å². The Kier molecular flexibility index (Phi) is 4.21. The van der Waals surface area contributed by atoms with Gasteiger partial charge in [-0.25, -0.2) is 9.78 Å². The molecule has 0 aliphatic heterocycles. The molecule has 4 aliphatic rings. The molecule has 0 aromatic carbocycles. The monoisotopic (exact) mass is 399 g/mol. The van der Waals surface area contributed by atoms with Gasteiger partial charge in [0.2, 0.25) is 0 Å². The Labute approximate surface area is 172 Å². The highest BCUT2D eigenvalue weighted by Gasteiger charge is 2.63. The van der Waals surface area contributed by atoms with Crippen LogP contribution in [0.3, 0.4) is 0 Å². The number of aromatic nitrogens is 1. The number of urea groups is 1. The zero-order valence-corrected chi connectivity index (χ0v) is 18.0. The van der Waals surface area contributed by atoms with Crippen LogP contribution in [0.25, 0.3) is 0 Å². The Hall–Kier alpha value is -1.36. The van der Waals surface area contributed by atoms with E-state index in [9.17, 15) is 4.79 Å². The molecule has 152 valence electrons. The fourth-order valence-electron chi connectivity index (χ4n) is 8.18. The van der Waals surface area contributed by atoms with Gasteiger partial charge in [-0.05, 0) is 86.9 Å². The topological polar surface area (TPSA) is 54.0 Å². The minimum atomic E-state index is -0.136. The van der Waals surface area contributed by atoms with Gasteiger partial charge in [-0.2, -0.15) is 0 Å². The Morgan fingerprint density at radius 2 is 2.07 bits per heavy atom. The van der Waals surface area contributed by atoms with Crippen molar-refractivity contribution in [3.05, 3.63) is 23.7 Å². The van der Waals surface area contributed by atoms with E-state index in [1.165, 1.54) is 68.3 Å². The summed E-state index contributed by atoms with van der Waals surface area (Å²) in [5, 5.41) is 8.90. The van der Waals surface area contributed by atoms with E-state index < -0.39 is 0 Å². The molecule has 2 bridgehead atoms. The third kappa shape index (κ3) is 2.68. The number of hydrogen-bond acceptors (Lipinski definition) is 3. The van der Waals surface area contributed by atoms with Gasteiger partial charge in [-0.1, -0.05) is 25.5 Å². The molecule has 2 N–H and O–H groups in total. The Balaban J connectivity index is 1.39. The van der Waals surface area contributed by atoms with E-state index in [-0.39, 0.29) is 11.6 Å². The summed E-state index contributed by atoms with van der Waals surface area (Å²) in [6.07, 6.45) is 13.2. The van der Waals surface area contributed by atoms with E-state index in [4.69, 9.17) is 0 Å². The zero-order valence-electron chi connectivity index (χ0n) is 17.2. The van der Waals surface area contributed by atoms with Gasteiger partial charge in [0.25, 0.3) is 0 Å². The molecule has 4 nitrogen and oxygen atoms in total. The van der Waals surface area contributed by atoms with Gasteiger partial charge in [0.15, 0.2) is 5.13 Å². The first-order valence-corrected chi connectivity index (χ1v) is 11.9. The van der Waals surface area contributed by atoms with E-state index in [2.05, 4.69) is 36.0 Å². The maximum Gasteiger partial charge on any atom is 0.321 e. The lowest BCUT2D eigenvalue weighted by molar-refractivity contribution is -0.130. The summed E-state index contributed by atoms with van der Waals surface area (Å²) in [6, 6.07) is -0.0973. The quantitative estimate of drug-likeness (QED) is 0.601. The fourth-order valence-corrected chi connectivity index (χ4v) is 8.70. The first-order chi connectivity index (χ1) is 13.3. The largest absolute Gasteiger partial charge is 0.332 e. The molecule has 1 aromatic rings. The molecule has 6 atom stereocenters. The van der Waals surface area contributed by atoms with Crippen LogP contribution in [0.5, 0.6) is 0 Å². The molecule has 4 aliphatic carbocycles. The summed E-state index contributed by atoms with van der Waals surface area (Å²) in [6.45, 7) is 9.30. The molecule has 5 rings (SSSR count). The zero-order chi connectivity index (χ0) is 19.6. The van der Waals surface area contributed by atoms with Crippen LogP contribution in [0.4, 0.5) is 9.93 Å². The van der Waals surface area contributed by atoms with Crippen molar-refractivity contribution in [1.29, 1.82) is 0 Å². The molecule has 1 aromatic heterocycles. The first kappa shape index (κ1) is 18.7. The van der Waals surface area contributed by atoms with Crippen LogP contribution in [0.15, 0.2) is 23.7 Å². The summed E-state index contributed by atoms with van der Waals surface area (Å²) < 4.78 is 0. The maximum atomic E-state index is 12.7. The molecule has 0 unspecified atom stereocenters. The maximum absolute atomic E-state index is 12.7. The number of anilines is 1. The molecule has 0 saturated heterocycles. The third-order valence-corrected chi connectivity index (χ3v) is 9.80. The van der Waals surface area contributed by atoms with E-state index in [1.807, 2.05) is 5.38 Å². The second kappa shape index (κ2) is 6.32. The molecule has 1 spiro atoms. The van der Waals surface area contributed by atoms with Gasteiger partial charge in [0.05, 0.1) is 0 Å². The number of fused-ring (bicyclic) bond motifs is 3. The molecule has 4 fully saturated rings. The second-order valence-electron chi connectivity index (χ2n) is 10.5. The van der Waals surface area contributed by atoms with Crippen LogP contribution in [0, 0.1) is 28.6 Å². The van der Waals surface area contributed by atoms with Gasteiger partial charge in [0.1, 0.15) is 0 Å². The predicted octanol–water partition coefficient (Wildman–Crippen LogP) is 5.99. The van der Waals surface area contributed by atoms with Gasteiger partial charge in [-0.15, -0.1) is 11.3 Å². The number of nitrogens with one attached hydrogen (secondary N) is 2. The number of allylic oxidation sites excluding steroid dienone is 1. The standard InChI is InChI=1S/C23H33N3OS/c1-15-13-23-10-7-17-21(2,18(23)6-5-16(15)14-23)8-4-9-22(17,3)26-19(27)25-20-24-11-12-28-20/h11-12,16-18H,1,4-10,13-14H2,2-3H3,(H2,24,25,26,27)/t16-,17+,18+,21-,22-,23-/m1/s1. The summed E-state index contributed by atoms with van der Waals surface area (Å²) in [5.74, 6) is 2.13. The number of nitrogens with zero attached hydrogens (tertiary/aromatic N) is 1. The van der Waals surface area contributed by atoms with Gasteiger partial charge >= 0.3 is 6.03 Å². The van der Waals surface area contributed by atoms with E-state index in [1.54, 1.807) is 6.20 Å². The number of carbonyl (C=O) groups is 1. The number of hydrogen-bond donors (Lipinski definition) is 2. The Bertz CT molecular complexity index is 792. The Morgan fingerprint density at radius 3 is 2.86 bits per heavy atom. The van der Waals surface area contributed by atoms with Crippen LogP contribution >= 0.6 is 11.3 Å². The predicted molar refractivity (Wildman–Crippen MR) is 114 cm³/mol. The third-order valence-electron chi connectivity index (χ3n) is 9.11.